The minimum atomic E-state index is -0.825. The average Bonchev–Trinajstić information content (AvgIpc) is 2.43. The zero-order valence-corrected chi connectivity index (χ0v) is 10.7. The van der Waals surface area contributed by atoms with Crippen molar-refractivity contribution < 1.29 is 8.78 Å². The van der Waals surface area contributed by atoms with Gasteiger partial charge < -0.3 is 10.6 Å². The summed E-state index contributed by atoms with van der Waals surface area (Å²) in [6.07, 6.45) is 0. The van der Waals surface area contributed by atoms with E-state index in [9.17, 15) is 8.78 Å². The van der Waals surface area contributed by atoms with E-state index < -0.39 is 11.6 Å². The van der Waals surface area contributed by atoms with E-state index >= 15 is 0 Å². The fraction of sp³-hybridized carbons (Fsp3) is 0.200. The van der Waals surface area contributed by atoms with Crippen LogP contribution in [-0.4, -0.2) is 7.05 Å². The van der Waals surface area contributed by atoms with Crippen molar-refractivity contribution in [1.82, 2.24) is 0 Å². The Labute approximate surface area is 111 Å². The number of halogens is 2. The Morgan fingerprint density at radius 1 is 1.05 bits per heavy atom. The third-order valence-electron chi connectivity index (χ3n) is 3.03. The molecule has 100 valence electrons. The average molecular weight is 262 g/mol. The van der Waals surface area contributed by atoms with Gasteiger partial charge in [0, 0.05) is 25.8 Å². The van der Waals surface area contributed by atoms with Crippen molar-refractivity contribution in [3.05, 3.63) is 65.2 Å². The predicted octanol–water partition coefficient (Wildman–Crippen LogP) is 3.06. The standard InChI is InChI=1S/C15H16F2N2/c1-19(15-5-3-2-4-12(15)9-18)10-11-6-7-13(16)14(17)8-11/h2-8H,9-10,18H2,1H3. The summed E-state index contributed by atoms with van der Waals surface area (Å²) in [6.45, 7) is 0.937. The van der Waals surface area contributed by atoms with Crippen LogP contribution in [0.2, 0.25) is 0 Å². The molecular weight excluding hydrogens is 246 g/mol. The molecule has 0 aliphatic rings. The van der Waals surface area contributed by atoms with Crippen molar-refractivity contribution in [1.29, 1.82) is 0 Å². The molecule has 0 saturated carbocycles. The van der Waals surface area contributed by atoms with Crippen LogP contribution in [0.4, 0.5) is 14.5 Å². The van der Waals surface area contributed by atoms with Crippen LogP contribution in [0.25, 0.3) is 0 Å². The summed E-state index contributed by atoms with van der Waals surface area (Å²) in [7, 11) is 1.90. The van der Waals surface area contributed by atoms with Gasteiger partial charge in [0.2, 0.25) is 0 Å². The second kappa shape index (κ2) is 5.80. The maximum absolute atomic E-state index is 13.2. The molecule has 2 N–H and O–H groups in total. The molecule has 0 unspecified atom stereocenters. The molecule has 2 aromatic rings. The van der Waals surface area contributed by atoms with Crippen molar-refractivity contribution in [3.63, 3.8) is 0 Å². The second-order valence-corrected chi connectivity index (χ2v) is 4.44. The lowest BCUT2D eigenvalue weighted by atomic mass is 10.1. The van der Waals surface area contributed by atoms with Crippen LogP contribution in [0.5, 0.6) is 0 Å². The quantitative estimate of drug-likeness (QED) is 0.917. The Bertz CT molecular complexity index is 570. The van der Waals surface area contributed by atoms with E-state index in [0.717, 1.165) is 17.3 Å². The molecule has 19 heavy (non-hydrogen) atoms. The van der Waals surface area contributed by atoms with E-state index in [1.54, 1.807) is 6.07 Å². The smallest absolute Gasteiger partial charge is 0.159 e. The highest BCUT2D eigenvalue weighted by atomic mass is 19.2. The first-order valence-electron chi connectivity index (χ1n) is 6.05. The zero-order chi connectivity index (χ0) is 13.8. The van der Waals surface area contributed by atoms with E-state index in [1.165, 1.54) is 6.07 Å². The fourth-order valence-corrected chi connectivity index (χ4v) is 2.05. The van der Waals surface area contributed by atoms with Gasteiger partial charge in [0.1, 0.15) is 0 Å². The van der Waals surface area contributed by atoms with Crippen molar-refractivity contribution in [3.8, 4) is 0 Å². The van der Waals surface area contributed by atoms with Crippen molar-refractivity contribution >= 4 is 5.69 Å². The number of para-hydroxylation sites is 1. The molecule has 0 aliphatic heterocycles. The fourth-order valence-electron chi connectivity index (χ4n) is 2.05. The van der Waals surface area contributed by atoms with Gasteiger partial charge in [-0.2, -0.15) is 0 Å². The first-order valence-corrected chi connectivity index (χ1v) is 6.05. The minimum absolute atomic E-state index is 0.443. The molecule has 2 nitrogen and oxygen atoms in total. The summed E-state index contributed by atoms with van der Waals surface area (Å²) in [5.41, 5.74) is 8.42. The van der Waals surface area contributed by atoms with Gasteiger partial charge in [-0.05, 0) is 29.3 Å². The van der Waals surface area contributed by atoms with Crippen molar-refractivity contribution in [2.45, 2.75) is 13.1 Å². The highest BCUT2D eigenvalue weighted by Gasteiger charge is 2.08. The lowest BCUT2D eigenvalue weighted by Crippen LogP contribution is -2.19. The van der Waals surface area contributed by atoms with Gasteiger partial charge in [-0.15, -0.1) is 0 Å². The molecule has 0 aliphatic carbocycles. The summed E-state index contributed by atoms with van der Waals surface area (Å²) in [6, 6.07) is 11.7. The van der Waals surface area contributed by atoms with Gasteiger partial charge in [0.25, 0.3) is 0 Å². The van der Waals surface area contributed by atoms with Gasteiger partial charge in [-0.3, -0.25) is 0 Å². The Balaban J connectivity index is 2.20. The third kappa shape index (κ3) is 3.09. The lowest BCUT2D eigenvalue weighted by Gasteiger charge is -2.22. The summed E-state index contributed by atoms with van der Waals surface area (Å²) in [5, 5.41) is 0. The molecule has 2 aromatic carbocycles. The SMILES string of the molecule is CN(Cc1ccc(F)c(F)c1)c1ccccc1CN. The van der Waals surface area contributed by atoms with Gasteiger partial charge in [0.15, 0.2) is 11.6 Å². The molecule has 4 heteroatoms. The third-order valence-corrected chi connectivity index (χ3v) is 3.03. The molecule has 0 atom stereocenters. The van der Waals surface area contributed by atoms with Crippen molar-refractivity contribution in [2.24, 2.45) is 5.73 Å². The molecule has 0 heterocycles. The van der Waals surface area contributed by atoms with Crippen LogP contribution in [0.15, 0.2) is 42.5 Å². The summed E-state index contributed by atoms with van der Waals surface area (Å²) >= 11 is 0. The zero-order valence-electron chi connectivity index (χ0n) is 10.7. The first-order chi connectivity index (χ1) is 9.11. The van der Waals surface area contributed by atoms with Gasteiger partial charge in [-0.1, -0.05) is 24.3 Å². The van der Waals surface area contributed by atoms with Gasteiger partial charge in [0.05, 0.1) is 0 Å². The molecule has 0 fully saturated rings. The number of rotatable bonds is 4. The van der Waals surface area contributed by atoms with E-state index in [1.807, 2.05) is 36.2 Å². The van der Waals surface area contributed by atoms with Crippen LogP contribution in [0.1, 0.15) is 11.1 Å². The van der Waals surface area contributed by atoms with E-state index in [4.69, 9.17) is 5.73 Å². The number of nitrogens with two attached hydrogens (primary N) is 1. The van der Waals surface area contributed by atoms with Crippen LogP contribution < -0.4 is 10.6 Å². The maximum Gasteiger partial charge on any atom is 0.159 e. The molecular formula is C15H16F2N2. The minimum Gasteiger partial charge on any atom is -0.370 e. The largest absolute Gasteiger partial charge is 0.370 e. The molecule has 0 amide bonds. The number of hydrogen-bond acceptors (Lipinski definition) is 2. The Hall–Kier alpha value is -1.94. The number of hydrogen-bond donors (Lipinski definition) is 1. The Kier molecular flexibility index (Phi) is 4.12. The molecule has 2 rings (SSSR count). The Morgan fingerprint density at radius 3 is 2.47 bits per heavy atom. The van der Waals surface area contributed by atoms with E-state index in [2.05, 4.69) is 0 Å². The lowest BCUT2D eigenvalue weighted by molar-refractivity contribution is 0.507. The van der Waals surface area contributed by atoms with Crippen LogP contribution >= 0.6 is 0 Å². The molecule has 0 spiro atoms. The highest BCUT2D eigenvalue weighted by molar-refractivity contribution is 5.53. The van der Waals surface area contributed by atoms with E-state index in [-0.39, 0.29) is 0 Å². The van der Waals surface area contributed by atoms with E-state index in [0.29, 0.717) is 18.7 Å². The summed E-state index contributed by atoms with van der Waals surface area (Å²) < 4.78 is 26.0. The topological polar surface area (TPSA) is 29.3 Å². The predicted molar refractivity (Wildman–Crippen MR) is 72.8 cm³/mol. The Morgan fingerprint density at radius 2 is 1.79 bits per heavy atom. The summed E-state index contributed by atoms with van der Waals surface area (Å²) in [5.74, 6) is -1.65. The first kappa shape index (κ1) is 13.5. The maximum atomic E-state index is 13.2. The second-order valence-electron chi connectivity index (χ2n) is 4.44. The molecule has 0 aromatic heterocycles. The highest BCUT2D eigenvalue weighted by Crippen LogP contribution is 2.21. The number of nitrogens with zero attached hydrogens (tertiary/aromatic N) is 1. The molecule has 0 radical (unpaired) electrons. The number of anilines is 1. The number of benzene rings is 2. The van der Waals surface area contributed by atoms with Gasteiger partial charge in [-0.25, -0.2) is 8.78 Å². The van der Waals surface area contributed by atoms with Crippen LogP contribution in [0.3, 0.4) is 0 Å². The van der Waals surface area contributed by atoms with Crippen LogP contribution in [0, 0.1) is 11.6 Å². The normalized spacial score (nSPS) is 10.5. The van der Waals surface area contributed by atoms with Crippen LogP contribution in [-0.2, 0) is 13.1 Å². The molecule has 0 bridgehead atoms. The van der Waals surface area contributed by atoms with Crippen molar-refractivity contribution in [2.75, 3.05) is 11.9 Å². The monoisotopic (exact) mass is 262 g/mol. The van der Waals surface area contributed by atoms with Gasteiger partial charge >= 0.3 is 0 Å². The molecule has 0 saturated heterocycles. The summed E-state index contributed by atoms with van der Waals surface area (Å²) in [4.78, 5) is 1.97.